The minimum Gasteiger partial charge on any atom is -0.396 e. The van der Waals surface area contributed by atoms with Gasteiger partial charge in [-0.25, -0.2) is 0 Å². The van der Waals surface area contributed by atoms with Crippen LogP contribution < -0.4 is 0 Å². The van der Waals surface area contributed by atoms with E-state index in [4.69, 9.17) is 0 Å². The van der Waals surface area contributed by atoms with Crippen molar-refractivity contribution in [1.29, 1.82) is 0 Å². The van der Waals surface area contributed by atoms with Crippen LogP contribution in [-0.4, -0.2) is 72.6 Å². The SMILES string of the molecule is CN(C[C@H](O)CN(C)[C@@H](CCO)c1ccccc1)CC(F)(F)F. The molecule has 0 aliphatic heterocycles. The molecule has 1 aromatic carbocycles. The van der Waals surface area contributed by atoms with E-state index in [1.807, 2.05) is 35.2 Å². The summed E-state index contributed by atoms with van der Waals surface area (Å²) in [4.78, 5) is 2.92. The van der Waals surface area contributed by atoms with Crippen LogP contribution in [-0.2, 0) is 0 Å². The lowest BCUT2D eigenvalue weighted by Crippen LogP contribution is -2.41. The van der Waals surface area contributed by atoms with Crippen LogP contribution in [0.4, 0.5) is 13.2 Å². The highest BCUT2D eigenvalue weighted by atomic mass is 19.4. The first-order valence-corrected chi connectivity index (χ1v) is 7.52. The van der Waals surface area contributed by atoms with Crippen molar-refractivity contribution in [3.63, 3.8) is 0 Å². The molecule has 0 saturated carbocycles. The van der Waals surface area contributed by atoms with Gasteiger partial charge < -0.3 is 10.2 Å². The molecule has 0 aromatic heterocycles. The Hall–Kier alpha value is -1.15. The number of likely N-dealkylation sites (N-methyl/N-ethyl adjacent to an activating group) is 2. The number of rotatable bonds is 9. The molecule has 2 N–H and O–H groups in total. The summed E-state index contributed by atoms with van der Waals surface area (Å²) in [7, 11) is 3.12. The topological polar surface area (TPSA) is 46.9 Å². The third-order valence-corrected chi connectivity index (χ3v) is 3.59. The molecule has 0 heterocycles. The fourth-order valence-corrected chi connectivity index (χ4v) is 2.69. The van der Waals surface area contributed by atoms with Gasteiger partial charge in [-0.1, -0.05) is 30.3 Å². The Balaban J connectivity index is 2.59. The fourth-order valence-electron chi connectivity index (χ4n) is 2.69. The predicted molar refractivity (Wildman–Crippen MR) is 83.1 cm³/mol. The Morgan fingerprint density at radius 2 is 1.70 bits per heavy atom. The van der Waals surface area contributed by atoms with E-state index in [0.717, 1.165) is 10.5 Å². The van der Waals surface area contributed by atoms with Gasteiger partial charge >= 0.3 is 6.18 Å². The minimum absolute atomic E-state index is 0.00598. The molecule has 23 heavy (non-hydrogen) atoms. The molecule has 1 rings (SSSR count). The van der Waals surface area contributed by atoms with E-state index in [2.05, 4.69) is 0 Å². The van der Waals surface area contributed by atoms with Gasteiger partial charge in [-0.15, -0.1) is 0 Å². The smallest absolute Gasteiger partial charge is 0.396 e. The first kappa shape index (κ1) is 19.9. The predicted octanol–water partition coefficient (Wildman–Crippen LogP) is 1.90. The molecule has 0 amide bonds. The summed E-state index contributed by atoms with van der Waals surface area (Å²) in [5, 5.41) is 19.3. The van der Waals surface area contributed by atoms with Crippen molar-refractivity contribution in [3.8, 4) is 0 Å². The highest BCUT2D eigenvalue weighted by Gasteiger charge is 2.30. The monoisotopic (exact) mass is 334 g/mol. The van der Waals surface area contributed by atoms with Gasteiger partial charge in [-0.05, 0) is 26.1 Å². The van der Waals surface area contributed by atoms with Crippen molar-refractivity contribution >= 4 is 0 Å². The summed E-state index contributed by atoms with van der Waals surface area (Å²) >= 11 is 0. The molecular formula is C16H25F3N2O2. The Bertz CT molecular complexity index is 443. The van der Waals surface area contributed by atoms with Crippen molar-refractivity contribution in [2.75, 3.05) is 40.3 Å². The summed E-state index contributed by atoms with van der Waals surface area (Å²) in [5.41, 5.74) is 1.000. The van der Waals surface area contributed by atoms with Gasteiger partial charge in [0.2, 0.25) is 0 Å². The zero-order chi connectivity index (χ0) is 17.5. The van der Waals surface area contributed by atoms with Gasteiger partial charge in [0.05, 0.1) is 12.6 Å². The van der Waals surface area contributed by atoms with E-state index >= 15 is 0 Å². The minimum atomic E-state index is -4.27. The number of halogens is 3. The number of aliphatic hydroxyl groups is 2. The summed E-state index contributed by atoms with van der Waals surface area (Å²) in [6, 6.07) is 9.43. The third kappa shape index (κ3) is 7.78. The second kappa shape index (κ2) is 9.22. The normalized spacial score (nSPS) is 15.2. The van der Waals surface area contributed by atoms with E-state index in [1.54, 1.807) is 7.05 Å². The van der Waals surface area contributed by atoms with Gasteiger partial charge in [0, 0.05) is 25.7 Å². The molecule has 0 bridgehead atoms. The average molecular weight is 334 g/mol. The van der Waals surface area contributed by atoms with Crippen LogP contribution in [0, 0.1) is 0 Å². The lowest BCUT2D eigenvalue weighted by atomic mass is 10.0. The maximum atomic E-state index is 12.3. The Labute approximate surface area is 135 Å². The van der Waals surface area contributed by atoms with E-state index in [-0.39, 0.29) is 25.7 Å². The zero-order valence-electron chi connectivity index (χ0n) is 13.5. The number of nitrogens with zero attached hydrogens (tertiary/aromatic N) is 2. The molecule has 0 aliphatic carbocycles. The van der Waals surface area contributed by atoms with E-state index in [1.165, 1.54) is 7.05 Å². The van der Waals surface area contributed by atoms with Crippen molar-refractivity contribution in [2.24, 2.45) is 0 Å². The Kier molecular flexibility index (Phi) is 7.98. The van der Waals surface area contributed by atoms with Gasteiger partial charge in [0.1, 0.15) is 0 Å². The molecule has 1 aromatic rings. The molecule has 4 nitrogen and oxygen atoms in total. The molecular weight excluding hydrogens is 309 g/mol. The summed E-state index contributed by atoms with van der Waals surface area (Å²) in [5.74, 6) is 0. The van der Waals surface area contributed by atoms with Crippen LogP contribution >= 0.6 is 0 Å². The lowest BCUT2D eigenvalue weighted by Gasteiger charge is -2.31. The molecule has 0 aliphatic rings. The van der Waals surface area contributed by atoms with Crippen LogP contribution in [0.2, 0.25) is 0 Å². The Morgan fingerprint density at radius 1 is 1.09 bits per heavy atom. The van der Waals surface area contributed by atoms with E-state index in [0.29, 0.717) is 6.42 Å². The standard InChI is InChI=1S/C16H25F3N2O2/c1-20(12-16(17,18)19)10-14(23)11-21(2)15(8-9-22)13-6-4-3-5-7-13/h3-7,14-15,22-23H,8-12H2,1-2H3/t14-,15-/m0/s1. The van der Waals surface area contributed by atoms with Gasteiger partial charge in [0.25, 0.3) is 0 Å². The molecule has 132 valence electrons. The summed E-state index contributed by atoms with van der Waals surface area (Å²) in [6.07, 6.45) is -4.69. The van der Waals surface area contributed by atoms with Crippen LogP contribution in [0.15, 0.2) is 30.3 Å². The average Bonchev–Trinajstić information content (AvgIpc) is 2.43. The summed E-state index contributed by atoms with van der Waals surface area (Å²) in [6.45, 7) is -0.896. The second-order valence-electron chi connectivity index (χ2n) is 5.84. The molecule has 0 fully saturated rings. The maximum absolute atomic E-state index is 12.3. The van der Waals surface area contributed by atoms with Crippen molar-refractivity contribution in [3.05, 3.63) is 35.9 Å². The lowest BCUT2D eigenvalue weighted by molar-refractivity contribution is -0.145. The Morgan fingerprint density at radius 3 is 2.22 bits per heavy atom. The molecule has 2 atom stereocenters. The van der Waals surface area contributed by atoms with Gasteiger partial charge in [-0.3, -0.25) is 9.80 Å². The van der Waals surface area contributed by atoms with Crippen LogP contribution in [0.3, 0.4) is 0 Å². The quantitative estimate of drug-likeness (QED) is 0.724. The number of alkyl halides is 3. The second-order valence-corrected chi connectivity index (χ2v) is 5.84. The maximum Gasteiger partial charge on any atom is 0.401 e. The first-order valence-electron chi connectivity index (χ1n) is 7.52. The van der Waals surface area contributed by atoms with Crippen molar-refractivity contribution in [2.45, 2.75) is 24.7 Å². The first-order chi connectivity index (χ1) is 10.7. The fraction of sp³-hybridized carbons (Fsp3) is 0.625. The molecule has 0 saturated heterocycles. The highest BCUT2D eigenvalue weighted by molar-refractivity contribution is 5.19. The van der Waals surface area contributed by atoms with Gasteiger partial charge in [-0.2, -0.15) is 13.2 Å². The molecule has 0 unspecified atom stereocenters. The number of hydrogen-bond donors (Lipinski definition) is 2. The third-order valence-electron chi connectivity index (χ3n) is 3.59. The molecule has 7 heteroatoms. The zero-order valence-corrected chi connectivity index (χ0v) is 13.5. The van der Waals surface area contributed by atoms with Crippen molar-refractivity contribution < 1.29 is 23.4 Å². The van der Waals surface area contributed by atoms with Crippen LogP contribution in [0.25, 0.3) is 0 Å². The number of benzene rings is 1. The van der Waals surface area contributed by atoms with Gasteiger partial charge in [0.15, 0.2) is 0 Å². The number of aliphatic hydroxyl groups excluding tert-OH is 2. The number of hydrogen-bond acceptors (Lipinski definition) is 4. The largest absolute Gasteiger partial charge is 0.401 e. The molecule has 0 spiro atoms. The molecule has 0 radical (unpaired) electrons. The van der Waals surface area contributed by atoms with Crippen LogP contribution in [0.5, 0.6) is 0 Å². The van der Waals surface area contributed by atoms with E-state index < -0.39 is 18.8 Å². The van der Waals surface area contributed by atoms with Crippen LogP contribution in [0.1, 0.15) is 18.0 Å². The highest BCUT2D eigenvalue weighted by Crippen LogP contribution is 2.23. The van der Waals surface area contributed by atoms with E-state index in [9.17, 15) is 23.4 Å². The summed E-state index contributed by atoms with van der Waals surface area (Å²) < 4.78 is 36.9. The van der Waals surface area contributed by atoms with Crippen molar-refractivity contribution in [1.82, 2.24) is 9.80 Å².